The summed E-state index contributed by atoms with van der Waals surface area (Å²) in [7, 11) is -8.12. The Labute approximate surface area is 300 Å². The second-order valence-electron chi connectivity index (χ2n) is 10.4. The van der Waals surface area contributed by atoms with Gasteiger partial charge in [-0.05, 0) is 49.8 Å². The van der Waals surface area contributed by atoms with Crippen molar-refractivity contribution in [2.45, 2.75) is 35.2 Å². The summed E-state index contributed by atoms with van der Waals surface area (Å²) in [6.45, 7) is 3.61. The number of hydrogen-bond acceptors (Lipinski definition) is 4. The molecular formula is C36H34F4N2O4S2Ti. The van der Waals surface area contributed by atoms with Crippen LogP contribution < -0.4 is 9.44 Å². The van der Waals surface area contributed by atoms with Crippen LogP contribution in [-0.2, 0) is 41.8 Å². The van der Waals surface area contributed by atoms with Crippen LogP contribution in [0.3, 0.4) is 0 Å². The fraction of sp³-hybridized carbons (Fsp3) is 0.111. The monoisotopic (exact) mass is 746 g/mol. The van der Waals surface area contributed by atoms with Gasteiger partial charge in [-0.15, -0.1) is 25.0 Å². The van der Waals surface area contributed by atoms with E-state index in [9.17, 15) is 34.4 Å². The number of sulfonamides is 2. The van der Waals surface area contributed by atoms with Gasteiger partial charge in [-0.25, -0.2) is 58.7 Å². The summed E-state index contributed by atoms with van der Waals surface area (Å²) in [4.78, 5) is -0.154. The van der Waals surface area contributed by atoms with E-state index < -0.39 is 43.3 Å². The zero-order valence-electron chi connectivity index (χ0n) is 26.5. The standard InChI is InChI=1S/2C13H12F2NO2S.2C5H5.Ti/c2*1-10-4-6-12(7-5-10)19(17,18)16-13(15)8-2-3-11(14)9-13;2*1-2-4-5-3-1;/h2*2-9,16H,1H3;2*1-5H;/q4*-1;+4. The van der Waals surface area contributed by atoms with E-state index in [1.54, 1.807) is 38.1 Å². The van der Waals surface area contributed by atoms with Gasteiger partial charge in [0, 0.05) is 0 Å². The number of aryl methyl sites for hydroxylation is 2. The third-order valence-corrected chi connectivity index (χ3v) is 9.19. The first-order valence-electron chi connectivity index (χ1n) is 14.4. The summed E-state index contributed by atoms with van der Waals surface area (Å²) in [6, 6.07) is 31.8. The van der Waals surface area contributed by atoms with Gasteiger partial charge in [-0.3, -0.25) is 0 Å². The molecule has 0 fully saturated rings. The van der Waals surface area contributed by atoms with E-state index >= 15 is 0 Å². The first-order valence-corrected chi connectivity index (χ1v) is 17.3. The summed E-state index contributed by atoms with van der Waals surface area (Å²) in [5.74, 6) is -6.78. The number of hydrogen-bond donors (Lipinski definition) is 2. The molecule has 2 aliphatic carbocycles. The van der Waals surface area contributed by atoms with Crippen molar-refractivity contribution in [2.24, 2.45) is 0 Å². The Morgan fingerprint density at radius 1 is 0.571 bits per heavy atom. The van der Waals surface area contributed by atoms with Crippen LogP contribution >= 0.6 is 0 Å². The van der Waals surface area contributed by atoms with Gasteiger partial charge in [-0.2, -0.15) is 58.0 Å². The molecule has 0 aromatic heterocycles. The third-order valence-electron chi connectivity index (χ3n) is 6.24. The first kappa shape index (κ1) is 41.3. The molecule has 0 saturated heterocycles. The average molecular weight is 747 g/mol. The molecule has 0 spiro atoms. The number of benzene rings is 2. The molecule has 0 heterocycles. The minimum Gasteiger partial charge on any atom is -0.249 e. The van der Waals surface area contributed by atoms with Crippen molar-refractivity contribution in [3.63, 3.8) is 0 Å². The van der Waals surface area contributed by atoms with Crippen LogP contribution in [0.25, 0.3) is 0 Å². The Morgan fingerprint density at radius 3 is 1.12 bits per heavy atom. The minimum atomic E-state index is -4.06. The zero-order chi connectivity index (χ0) is 35.3. The second kappa shape index (κ2) is 18.7. The Morgan fingerprint density at radius 2 is 0.878 bits per heavy atom. The first-order chi connectivity index (χ1) is 22.6. The molecule has 0 aliphatic heterocycles. The molecular weight excluding hydrogens is 712 g/mol. The molecule has 256 valence electrons. The van der Waals surface area contributed by atoms with Gasteiger partial charge in [-0.1, -0.05) is 47.5 Å². The van der Waals surface area contributed by atoms with Crippen LogP contribution in [0.15, 0.2) is 167 Å². The number of alkyl halides is 2. The van der Waals surface area contributed by atoms with Crippen molar-refractivity contribution >= 4 is 20.0 Å². The molecule has 2 aliphatic rings. The quantitative estimate of drug-likeness (QED) is 0.0908. The topological polar surface area (TPSA) is 92.3 Å². The van der Waals surface area contributed by atoms with Crippen LogP contribution in [0.2, 0.25) is 0 Å². The maximum atomic E-state index is 14.2. The molecule has 13 heteroatoms. The van der Waals surface area contributed by atoms with Crippen molar-refractivity contribution < 1.29 is 56.1 Å². The maximum Gasteiger partial charge on any atom is 4.00 e. The Bertz CT molecular complexity index is 1730. The predicted octanol–water partition coefficient (Wildman–Crippen LogP) is 7.94. The molecule has 4 aromatic carbocycles. The van der Waals surface area contributed by atoms with E-state index in [1.807, 2.05) is 70.1 Å². The van der Waals surface area contributed by atoms with Crippen LogP contribution in [0.5, 0.6) is 0 Å². The molecule has 6 nitrogen and oxygen atoms in total. The Hall–Kier alpha value is -3.91. The number of rotatable bonds is 6. The summed E-state index contributed by atoms with van der Waals surface area (Å²) < 4.78 is 106. The van der Waals surface area contributed by atoms with Gasteiger partial charge < -0.3 is 0 Å². The molecule has 0 amide bonds. The van der Waals surface area contributed by atoms with Crippen LogP contribution in [0.4, 0.5) is 17.6 Å². The van der Waals surface area contributed by atoms with Crippen LogP contribution in [0, 0.1) is 26.7 Å². The average Bonchev–Trinajstić information content (AvgIpc) is 3.77. The number of halogens is 4. The van der Waals surface area contributed by atoms with Gasteiger partial charge >= 0.3 is 21.7 Å². The predicted molar refractivity (Wildman–Crippen MR) is 180 cm³/mol. The third kappa shape index (κ3) is 14.2. The molecule has 2 N–H and O–H groups in total. The SMILES string of the molecule is Cc1ccc(S(=O)(=O)NC2(F)C=CC=C(F)[CH-]2)cc1.Cc1ccc(S(=O)(=O)NC2(F)C=CC=C(F)[CH-]2)cc1.[Ti+4].c1cc[cH-]c1.c1cc[cH-]c1. The van der Waals surface area contributed by atoms with E-state index in [1.165, 1.54) is 24.3 Å². The Balaban J connectivity index is 0.000000260. The molecule has 2 atom stereocenters. The van der Waals surface area contributed by atoms with Crippen LogP contribution in [-0.4, -0.2) is 28.4 Å². The second-order valence-corrected chi connectivity index (χ2v) is 13.8. The largest absolute Gasteiger partial charge is 4.00 e. The smallest absolute Gasteiger partial charge is 0.249 e. The molecule has 0 radical (unpaired) electrons. The molecule has 0 bridgehead atoms. The van der Waals surface area contributed by atoms with Gasteiger partial charge in [0.05, 0.1) is 9.79 Å². The van der Waals surface area contributed by atoms with Gasteiger partial charge in [0.1, 0.15) is 11.6 Å². The van der Waals surface area contributed by atoms with Crippen molar-refractivity contribution in [1.29, 1.82) is 0 Å². The number of nitrogens with one attached hydrogen (secondary N) is 2. The fourth-order valence-electron chi connectivity index (χ4n) is 3.89. The fourth-order valence-corrected chi connectivity index (χ4v) is 6.19. The molecule has 49 heavy (non-hydrogen) atoms. The summed E-state index contributed by atoms with van der Waals surface area (Å²) in [5, 5.41) is 0. The van der Waals surface area contributed by atoms with E-state index in [0.29, 0.717) is 12.8 Å². The molecule has 4 aromatic rings. The van der Waals surface area contributed by atoms with E-state index in [-0.39, 0.29) is 31.5 Å². The zero-order valence-corrected chi connectivity index (χ0v) is 29.7. The van der Waals surface area contributed by atoms with E-state index in [2.05, 4.69) is 0 Å². The summed E-state index contributed by atoms with van der Waals surface area (Å²) >= 11 is 0. The van der Waals surface area contributed by atoms with Crippen molar-refractivity contribution in [3.8, 4) is 0 Å². The maximum absolute atomic E-state index is 14.2. The van der Waals surface area contributed by atoms with Crippen molar-refractivity contribution in [1.82, 2.24) is 9.44 Å². The molecule has 0 saturated carbocycles. The molecule has 2 unspecified atom stereocenters. The van der Waals surface area contributed by atoms with Gasteiger partial charge in [0.25, 0.3) is 0 Å². The summed E-state index contributed by atoms with van der Waals surface area (Å²) in [6.07, 6.45) is 7.32. The normalized spacial score (nSPS) is 19.3. The molecule has 6 rings (SSSR count). The van der Waals surface area contributed by atoms with Gasteiger partial charge in [0.2, 0.25) is 20.0 Å². The summed E-state index contributed by atoms with van der Waals surface area (Å²) in [5.41, 5.74) is 1.76. The van der Waals surface area contributed by atoms with E-state index in [4.69, 9.17) is 0 Å². The van der Waals surface area contributed by atoms with Crippen molar-refractivity contribution in [3.05, 3.63) is 181 Å². The van der Waals surface area contributed by atoms with Crippen LogP contribution in [0.1, 0.15) is 11.1 Å². The van der Waals surface area contributed by atoms with Crippen molar-refractivity contribution in [2.75, 3.05) is 0 Å². The minimum absolute atomic E-state index is 0. The number of allylic oxidation sites excluding steroid dienone is 4. The van der Waals surface area contributed by atoms with E-state index in [0.717, 1.165) is 47.6 Å². The van der Waals surface area contributed by atoms with Gasteiger partial charge in [0.15, 0.2) is 0 Å². The Kier molecular flexibility index (Phi) is 15.8.